The van der Waals surface area contributed by atoms with Gasteiger partial charge in [0.1, 0.15) is 5.78 Å². The maximum Gasteiger partial charge on any atom is 0.144 e. The van der Waals surface area contributed by atoms with E-state index in [0.717, 1.165) is 25.7 Å². The minimum absolute atomic E-state index is 0.0663. The van der Waals surface area contributed by atoms with Crippen LogP contribution in [-0.4, -0.2) is 39.4 Å². The van der Waals surface area contributed by atoms with Crippen molar-refractivity contribution in [1.29, 1.82) is 0 Å². The smallest absolute Gasteiger partial charge is 0.144 e. The molecule has 0 aromatic carbocycles. The lowest BCUT2D eigenvalue weighted by Gasteiger charge is -2.58. The van der Waals surface area contributed by atoms with Crippen LogP contribution in [0.4, 0.5) is 0 Å². The third-order valence-electron chi connectivity index (χ3n) is 9.02. The second kappa shape index (κ2) is 6.69. The predicted octanol–water partition coefficient (Wildman–Crippen LogP) is 2.85. The summed E-state index contributed by atoms with van der Waals surface area (Å²) in [6.07, 6.45) is 8.78. The van der Waals surface area contributed by atoms with E-state index < -0.39 is 12.2 Å². The van der Waals surface area contributed by atoms with Crippen molar-refractivity contribution in [3.63, 3.8) is 0 Å². The summed E-state index contributed by atoms with van der Waals surface area (Å²) in [6, 6.07) is 0. The zero-order chi connectivity index (χ0) is 20.4. The van der Waals surface area contributed by atoms with Gasteiger partial charge in [-0.05, 0) is 68.1 Å². The van der Waals surface area contributed by atoms with Crippen LogP contribution >= 0.6 is 0 Å². The standard InChI is InChI=1S/C24H34O4/c1-5-6-14-21-16-8-7-15(13(2)25)23(16,3)10-9-17(21)24(4)12-20(27)19(26)11-18(24)22(14)28/h1,13-15,17-20,25-27H,6-12H2,2-4H3/t13-,14-,15+,17-,18-,19+,20-,23+,24+/m0/s1. The molecule has 0 aromatic heterocycles. The molecular weight excluding hydrogens is 352 g/mol. The molecule has 9 atom stereocenters. The highest BCUT2D eigenvalue weighted by atomic mass is 16.3. The van der Waals surface area contributed by atoms with Crippen LogP contribution in [0, 0.1) is 46.8 Å². The summed E-state index contributed by atoms with van der Waals surface area (Å²) in [5.41, 5.74) is 2.21. The number of allylic oxidation sites excluding steroid dienone is 2. The first kappa shape index (κ1) is 20.1. The van der Waals surface area contributed by atoms with Crippen molar-refractivity contribution in [2.24, 2.45) is 34.5 Å². The minimum atomic E-state index is -0.831. The van der Waals surface area contributed by atoms with Crippen LogP contribution in [-0.2, 0) is 4.79 Å². The Morgan fingerprint density at radius 2 is 1.93 bits per heavy atom. The Kier molecular flexibility index (Phi) is 4.81. The molecule has 28 heavy (non-hydrogen) atoms. The highest BCUT2D eigenvalue weighted by molar-refractivity contribution is 5.89. The fourth-order valence-corrected chi connectivity index (χ4v) is 7.61. The number of hydrogen-bond donors (Lipinski definition) is 3. The van der Waals surface area contributed by atoms with Gasteiger partial charge >= 0.3 is 0 Å². The highest BCUT2D eigenvalue weighted by Gasteiger charge is 2.61. The molecule has 0 spiro atoms. The fraction of sp³-hybridized carbons (Fsp3) is 0.792. The summed E-state index contributed by atoms with van der Waals surface area (Å²) in [5, 5.41) is 31.1. The largest absolute Gasteiger partial charge is 0.393 e. The average Bonchev–Trinajstić information content (AvgIpc) is 2.98. The molecule has 4 nitrogen and oxygen atoms in total. The molecule has 3 fully saturated rings. The molecule has 4 heteroatoms. The Hall–Kier alpha value is -1.15. The normalized spacial score (nSPS) is 49.1. The van der Waals surface area contributed by atoms with Gasteiger partial charge in [-0.2, -0.15) is 0 Å². The van der Waals surface area contributed by atoms with Crippen molar-refractivity contribution in [3.05, 3.63) is 11.1 Å². The molecule has 4 aliphatic rings. The third-order valence-corrected chi connectivity index (χ3v) is 9.02. The van der Waals surface area contributed by atoms with E-state index in [2.05, 4.69) is 19.8 Å². The molecule has 4 rings (SSSR count). The van der Waals surface area contributed by atoms with E-state index in [4.69, 9.17) is 6.42 Å². The van der Waals surface area contributed by atoms with Crippen LogP contribution in [0.5, 0.6) is 0 Å². The fourth-order valence-electron chi connectivity index (χ4n) is 7.61. The predicted molar refractivity (Wildman–Crippen MR) is 107 cm³/mol. The van der Waals surface area contributed by atoms with Gasteiger partial charge in [-0.1, -0.05) is 25.0 Å². The van der Waals surface area contributed by atoms with Gasteiger partial charge < -0.3 is 15.3 Å². The number of aliphatic hydroxyl groups excluding tert-OH is 3. The van der Waals surface area contributed by atoms with E-state index in [1.165, 1.54) is 11.1 Å². The lowest BCUT2D eigenvalue weighted by atomic mass is 9.46. The first-order valence-corrected chi connectivity index (χ1v) is 10.9. The van der Waals surface area contributed by atoms with Crippen LogP contribution in [0.1, 0.15) is 65.7 Å². The van der Waals surface area contributed by atoms with E-state index in [-0.39, 0.29) is 46.4 Å². The van der Waals surface area contributed by atoms with Crippen molar-refractivity contribution >= 4 is 5.78 Å². The molecule has 0 heterocycles. The molecule has 4 aliphatic carbocycles. The maximum atomic E-state index is 13.6. The van der Waals surface area contributed by atoms with Gasteiger partial charge in [0.15, 0.2) is 0 Å². The van der Waals surface area contributed by atoms with Gasteiger partial charge in [-0.15, -0.1) is 12.3 Å². The Bertz CT molecular complexity index is 746. The van der Waals surface area contributed by atoms with Crippen LogP contribution in [0.3, 0.4) is 0 Å². The van der Waals surface area contributed by atoms with Crippen LogP contribution in [0.25, 0.3) is 0 Å². The molecule has 0 bridgehead atoms. The minimum Gasteiger partial charge on any atom is -0.393 e. The second-order valence-electron chi connectivity index (χ2n) is 10.3. The Labute approximate surface area is 168 Å². The first-order chi connectivity index (χ1) is 13.1. The summed E-state index contributed by atoms with van der Waals surface area (Å²) in [5.74, 6) is 2.85. The Balaban J connectivity index is 1.86. The van der Waals surface area contributed by atoms with Crippen molar-refractivity contribution in [2.45, 2.75) is 84.0 Å². The highest BCUT2D eigenvalue weighted by Crippen LogP contribution is 2.65. The molecule has 3 N–H and O–H groups in total. The topological polar surface area (TPSA) is 77.8 Å². The molecule has 3 saturated carbocycles. The van der Waals surface area contributed by atoms with Gasteiger partial charge in [-0.3, -0.25) is 4.79 Å². The van der Waals surface area contributed by atoms with Gasteiger partial charge in [0.05, 0.1) is 24.2 Å². The van der Waals surface area contributed by atoms with Crippen molar-refractivity contribution in [2.75, 3.05) is 0 Å². The van der Waals surface area contributed by atoms with Crippen LogP contribution in [0.2, 0.25) is 0 Å². The van der Waals surface area contributed by atoms with Crippen molar-refractivity contribution in [3.8, 4) is 12.3 Å². The zero-order valence-electron chi connectivity index (χ0n) is 17.3. The van der Waals surface area contributed by atoms with E-state index in [9.17, 15) is 20.1 Å². The first-order valence-electron chi connectivity index (χ1n) is 10.9. The second-order valence-corrected chi connectivity index (χ2v) is 10.3. The monoisotopic (exact) mass is 386 g/mol. The van der Waals surface area contributed by atoms with Gasteiger partial charge in [0, 0.05) is 12.3 Å². The number of fused-ring (bicyclic) bond motifs is 4. The summed E-state index contributed by atoms with van der Waals surface area (Å²) in [4.78, 5) is 13.6. The summed E-state index contributed by atoms with van der Waals surface area (Å²) in [6.45, 7) is 6.30. The molecule has 0 amide bonds. The number of Topliss-reactive ketones (excluding diaryl/α,β-unsaturated/α-hetero) is 1. The SMILES string of the molecule is C#CC[C@@H]1C(=O)[C@@H]2C[C@@H](O)[C@@H](O)C[C@]2(C)[C@H]2CC[C@@]3(C)C(=C12)CC[C@@H]3[C@H](C)O. The molecule has 0 unspecified atom stereocenters. The Morgan fingerprint density at radius 1 is 1.21 bits per heavy atom. The summed E-state index contributed by atoms with van der Waals surface area (Å²) < 4.78 is 0. The summed E-state index contributed by atoms with van der Waals surface area (Å²) >= 11 is 0. The lowest BCUT2D eigenvalue weighted by molar-refractivity contribution is -0.152. The number of aliphatic hydroxyl groups is 3. The number of terminal acetylenes is 1. The zero-order valence-corrected chi connectivity index (χ0v) is 17.3. The van der Waals surface area contributed by atoms with E-state index >= 15 is 0 Å². The van der Waals surface area contributed by atoms with Gasteiger partial charge in [-0.25, -0.2) is 0 Å². The van der Waals surface area contributed by atoms with Gasteiger partial charge in [0.25, 0.3) is 0 Å². The molecule has 0 saturated heterocycles. The quantitative estimate of drug-likeness (QED) is 0.504. The molecular formula is C24H34O4. The Morgan fingerprint density at radius 3 is 2.57 bits per heavy atom. The number of rotatable bonds is 2. The van der Waals surface area contributed by atoms with E-state index in [1.807, 2.05) is 6.92 Å². The van der Waals surface area contributed by atoms with Crippen molar-refractivity contribution < 1.29 is 20.1 Å². The average molecular weight is 387 g/mol. The molecule has 0 radical (unpaired) electrons. The van der Waals surface area contributed by atoms with E-state index in [0.29, 0.717) is 19.3 Å². The van der Waals surface area contributed by atoms with Crippen molar-refractivity contribution in [1.82, 2.24) is 0 Å². The number of hydrogen-bond acceptors (Lipinski definition) is 4. The number of carbonyl (C=O) groups excluding carboxylic acids is 1. The number of ketones is 1. The summed E-state index contributed by atoms with van der Waals surface area (Å²) in [7, 11) is 0. The lowest BCUT2D eigenvalue weighted by Crippen LogP contribution is -2.58. The third kappa shape index (κ3) is 2.59. The maximum absolute atomic E-state index is 13.6. The van der Waals surface area contributed by atoms with E-state index in [1.54, 1.807) is 0 Å². The number of carbonyl (C=O) groups is 1. The van der Waals surface area contributed by atoms with Crippen LogP contribution in [0.15, 0.2) is 11.1 Å². The molecule has 154 valence electrons. The molecule has 0 aliphatic heterocycles. The van der Waals surface area contributed by atoms with Gasteiger partial charge in [0.2, 0.25) is 0 Å². The van der Waals surface area contributed by atoms with Crippen LogP contribution < -0.4 is 0 Å². The molecule has 0 aromatic rings.